The minimum atomic E-state index is -0.527. The molecular formula is C14H20ClFN2O2. The third kappa shape index (κ3) is 5.35. The SMILES string of the molecule is CCCCN(CCCO)C(=O)Nc1cc(Cl)ccc1F. The zero-order valence-electron chi connectivity index (χ0n) is 11.5. The lowest BCUT2D eigenvalue weighted by Gasteiger charge is -2.22. The highest BCUT2D eigenvalue weighted by Gasteiger charge is 2.14. The molecule has 6 heteroatoms. The predicted molar refractivity (Wildman–Crippen MR) is 78.6 cm³/mol. The number of unbranched alkanes of at least 4 members (excludes halogenated alkanes) is 1. The molecule has 0 fully saturated rings. The van der Waals surface area contributed by atoms with Crippen LogP contribution in [0.1, 0.15) is 26.2 Å². The van der Waals surface area contributed by atoms with Crippen LogP contribution < -0.4 is 5.32 Å². The molecule has 0 atom stereocenters. The molecule has 0 saturated carbocycles. The van der Waals surface area contributed by atoms with Gasteiger partial charge in [0.15, 0.2) is 0 Å². The lowest BCUT2D eigenvalue weighted by Crippen LogP contribution is -2.37. The standard InChI is InChI=1S/C14H20ClFN2O2/c1-2-3-7-18(8-4-9-19)14(20)17-13-10-11(15)5-6-12(13)16/h5-6,10,19H,2-4,7-9H2,1H3,(H,17,20). The van der Waals surface area contributed by atoms with Crippen LogP contribution in [0.5, 0.6) is 0 Å². The summed E-state index contributed by atoms with van der Waals surface area (Å²) in [5.74, 6) is -0.527. The Bertz CT molecular complexity index is 435. The van der Waals surface area contributed by atoms with Crippen LogP contribution in [0, 0.1) is 5.82 Å². The number of aliphatic hydroxyl groups excluding tert-OH is 1. The molecule has 1 aromatic carbocycles. The van der Waals surface area contributed by atoms with E-state index in [4.69, 9.17) is 16.7 Å². The summed E-state index contributed by atoms with van der Waals surface area (Å²) in [4.78, 5) is 13.7. The van der Waals surface area contributed by atoms with Crippen molar-refractivity contribution < 1.29 is 14.3 Å². The van der Waals surface area contributed by atoms with E-state index in [1.807, 2.05) is 6.92 Å². The van der Waals surface area contributed by atoms with Gasteiger partial charge < -0.3 is 15.3 Å². The van der Waals surface area contributed by atoms with Crippen molar-refractivity contribution in [1.29, 1.82) is 0 Å². The molecule has 0 bridgehead atoms. The fourth-order valence-electron chi connectivity index (χ4n) is 1.71. The molecular weight excluding hydrogens is 283 g/mol. The van der Waals surface area contributed by atoms with Crippen LogP contribution in [0.4, 0.5) is 14.9 Å². The Labute approximate surface area is 123 Å². The first-order chi connectivity index (χ1) is 9.58. The van der Waals surface area contributed by atoms with Crippen molar-refractivity contribution in [2.45, 2.75) is 26.2 Å². The van der Waals surface area contributed by atoms with E-state index in [0.717, 1.165) is 12.8 Å². The number of halogens is 2. The maximum Gasteiger partial charge on any atom is 0.321 e. The third-order valence-electron chi connectivity index (χ3n) is 2.82. The summed E-state index contributed by atoms with van der Waals surface area (Å²) in [6, 6.07) is 3.63. The largest absolute Gasteiger partial charge is 0.396 e. The van der Waals surface area contributed by atoms with E-state index in [1.54, 1.807) is 4.90 Å². The first-order valence-corrected chi connectivity index (χ1v) is 7.08. The van der Waals surface area contributed by atoms with Gasteiger partial charge in [-0.2, -0.15) is 0 Å². The number of anilines is 1. The molecule has 0 heterocycles. The van der Waals surface area contributed by atoms with Gasteiger partial charge in [0.1, 0.15) is 5.82 Å². The summed E-state index contributed by atoms with van der Waals surface area (Å²) < 4.78 is 13.6. The van der Waals surface area contributed by atoms with E-state index in [1.165, 1.54) is 18.2 Å². The second-order valence-corrected chi connectivity index (χ2v) is 4.91. The van der Waals surface area contributed by atoms with Gasteiger partial charge in [-0.05, 0) is 31.0 Å². The molecule has 0 aromatic heterocycles. The number of amides is 2. The highest BCUT2D eigenvalue weighted by atomic mass is 35.5. The number of carbonyl (C=O) groups excluding carboxylic acids is 1. The highest BCUT2D eigenvalue weighted by Crippen LogP contribution is 2.20. The number of urea groups is 1. The van der Waals surface area contributed by atoms with Crippen molar-refractivity contribution >= 4 is 23.3 Å². The molecule has 0 spiro atoms. The maximum absolute atomic E-state index is 13.6. The third-order valence-corrected chi connectivity index (χ3v) is 3.06. The van der Waals surface area contributed by atoms with Gasteiger partial charge in [-0.15, -0.1) is 0 Å². The van der Waals surface area contributed by atoms with Gasteiger partial charge in [-0.3, -0.25) is 0 Å². The number of benzene rings is 1. The van der Waals surface area contributed by atoms with Crippen LogP contribution in [-0.2, 0) is 0 Å². The Hall–Kier alpha value is -1.33. The Morgan fingerprint density at radius 2 is 2.10 bits per heavy atom. The summed E-state index contributed by atoms with van der Waals surface area (Å²) in [6.07, 6.45) is 2.31. The van der Waals surface area contributed by atoms with Gasteiger partial charge in [-0.25, -0.2) is 9.18 Å². The molecule has 2 N–H and O–H groups in total. The van der Waals surface area contributed by atoms with E-state index in [9.17, 15) is 9.18 Å². The molecule has 0 aliphatic rings. The van der Waals surface area contributed by atoms with Crippen LogP contribution in [0.25, 0.3) is 0 Å². The van der Waals surface area contributed by atoms with Gasteiger partial charge in [-0.1, -0.05) is 24.9 Å². The van der Waals surface area contributed by atoms with Crippen LogP contribution in [0.15, 0.2) is 18.2 Å². The van der Waals surface area contributed by atoms with Gasteiger partial charge in [0, 0.05) is 24.7 Å². The molecule has 112 valence electrons. The van der Waals surface area contributed by atoms with Crippen molar-refractivity contribution in [1.82, 2.24) is 4.90 Å². The lowest BCUT2D eigenvalue weighted by molar-refractivity contribution is 0.201. The summed E-state index contributed by atoms with van der Waals surface area (Å²) in [5.41, 5.74) is 0.0630. The van der Waals surface area contributed by atoms with Crippen LogP contribution in [0.3, 0.4) is 0 Å². The van der Waals surface area contributed by atoms with Crippen molar-refractivity contribution in [3.63, 3.8) is 0 Å². The maximum atomic E-state index is 13.6. The number of carbonyl (C=O) groups is 1. The van der Waals surface area contributed by atoms with Gasteiger partial charge >= 0.3 is 6.03 Å². The van der Waals surface area contributed by atoms with Crippen LogP contribution in [-0.4, -0.2) is 35.7 Å². The number of aliphatic hydroxyl groups is 1. The smallest absolute Gasteiger partial charge is 0.321 e. The summed E-state index contributed by atoms with van der Waals surface area (Å²) in [7, 11) is 0. The first kappa shape index (κ1) is 16.7. The molecule has 20 heavy (non-hydrogen) atoms. The van der Waals surface area contributed by atoms with Crippen molar-refractivity contribution in [3.8, 4) is 0 Å². The molecule has 0 aliphatic carbocycles. The predicted octanol–water partition coefficient (Wildman–Crippen LogP) is 3.50. The summed E-state index contributed by atoms with van der Waals surface area (Å²) in [5, 5.41) is 11.7. The molecule has 2 amide bonds. The second-order valence-electron chi connectivity index (χ2n) is 4.47. The van der Waals surface area contributed by atoms with Gasteiger partial charge in [0.2, 0.25) is 0 Å². The van der Waals surface area contributed by atoms with E-state index in [2.05, 4.69) is 5.32 Å². The minimum absolute atomic E-state index is 0.0153. The Kier molecular flexibility index (Phi) is 7.33. The fraction of sp³-hybridized carbons (Fsp3) is 0.500. The molecule has 0 unspecified atom stereocenters. The number of hydrogen-bond donors (Lipinski definition) is 2. The molecule has 0 saturated heterocycles. The zero-order valence-corrected chi connectivity index (χ0v) is 12.3. The van der Waals surface area contributed by atoms with Crippen LogP contribution in [0.2, 0.25) is 5.02 Å². The number of hydrogen-bond acceptors (Lipinski definition) is 2. The van der Waals surface area contributed by atoms with Crippen molar-refractivity contribution in [2.75, 3.05) is 25.0 Å². The van der Waals surface area contributed by atoms with Crippen LogP contribution >= 0.6 is 11.6 Å². The monoisotopic (exact) mass is 302 g/mol. The lowest BCUT2D eigenvalue weighted by atomic mass is 10.3. The summed E-state index contributed by atoms with van der Waals surface area (Å²) >= 11 is 5.78. The highest BCUT2D eigenvalue weighted by molar-refractivity contribution is 6.30. The second kappa shape index (κ2) is 8.76. The quantitative estimate of drug-likeness (QED) is 0.810. The van der Waals surface area contributed by atoms with E-state index >= 15 is 0 Å². The van der Waals surface area contributed by atoms with E-state index < -0.39 is 5.82 Å². The molecule has 1 aromatic rings. The Morgan fingerprint density at radius 1 is 1.40 bits per heavy atom. The number of nitrogens with one attached hydrogen (secondary N) is 1. The zero-order chi connectivity index (χ0) is 15.0. The first-order valence-electron chi connectivity index (χ1n) is 6.70. The number of nitrogens with zero attached hydrogens (tertiary/aromatic N) is 1. The molecule has 1 rings (SSSR count). The topological polar surface area (TPSA) is 52.6 Å². The average molecular weight is 303 g/mol. The van der Waals surface area contributed by atoms with E-state index in [0.29, 0.717) is 24.5 Å². The summed E-state index contributed by atoms with van der Waals surface area (Å²) in [6.45, 7) is 3.05. The minimum Gasteiger partial charge on any atom is -0.396 e. The normalized spacial score (nSPS) is 10.4. The van der Waals surface area contributed by atoms with Crippen molar-refractivity contribution in [3.05, 3.63) is 29.0 Å². The molecule has 0 aliphatic heterocycles. The average Bonchev–Trinajstić information content (AvgIpc) is 2.43. The Balaban J connectivity index is 2.70. The Morgan fingerprint density at radius 3 is 2.75 bits per heavy atom. The fourth-order valence-corrected chi connectivity index (χ4v) is 1.89. The van der Waals surface area contributed by atoms with Gasteiger partial charge in [0.05, 0.1) is 5.69 Å². The van der Waals surface area contributed by atoms with E-state index in [-0.39, 0.29) is 18.3 Å². The van der Waals surface area contributed by atoms with Crippen molar-refractivity contribution in [2.24, 2.45) is 0 Å². The molecule has 4 nitrogen and oxygen atoms in total. The molecule has 0 radical (unpaired) electrons. The van der Waals surface area contributed by atoms with Gasteiger partial charge in [0.25, 0.3) is 0 Å². The number of rotatable bonds is 7.